The van der Waals surface area contributed by atoms with Gasteiger partial charge in [-0.3, -0.25) is 4.90 Å². The zero-order valence-corrected chi connectivity index (χ0v) is 11.8. The summed E-state index contributed by atoms with van der Waals surface area (Å²) in [6.07, 6.45) is 10.00. The molecule has 2 nitrogen and oxygen atoms in total. The number of nitrogens with zero attached hydrogens (tertiary/aromatic N) is 1. The number of hydrogen-bond acceptors (Lipinski definition) is 2. The summed E-state index contributed by atoms with van der Waals surface area (Å²) < 4.78 is 0. The Bertz CT molecular complexity index is 213. The van der Waals surface area contributed by atoms with Crippen molar-refractivity contribution in [2.45, 2.75) is 70.9 Å². The molecule has 2 saturated carbocycles. The highest BCUT2D eigenvalue weighted by atomic mass is 15.2. The molecule has 2 atom stereocenters. The molecular weight excluding hydrogens is 208 g/mol. The number of hydrogen-bond donors (Lipinski definition) is 1. The summed E-state index contributed by atoms with van der Waals surface area (Å²) in [7, 11) is 0. The molecule has 100 valence electrons. The summed E-state index contributed by atoms with van der Waals surface area (Å²) in [5, 5.41) is 3.79. The summed E-state index contributed by atoms with van der Waals surface area (Å²) in [4.78, 5) is 2.65. The predicted octanol–water partition coefficient (Wildman–Crippen LogP) is 3.03. The van der Waals surface area contributed by atoms with E-state index >= 15 is 0 Å². The molecule has 0 saturated heterocycles. The summed E-state index contributed by atoms with van der Waals surface area (Å²) in [6, 6.07) is 1.74. The molecule has 2 aliphatic carbocycles. The lowest BCUT2D eigenvalue weighted by atomic mass is 9.84. The molecule has 0 heterocycles. The van der Waals surface area contributed by atoms with E-state index in [0.29, 0.717) is 0 Å². The Morgan fingerprint density at radius 3 is 2.59 bits per heavy atom. The van der Waals surface area contributed by atoms with Gasteiger partial charge in [0.05, 0.1) is 0 Å². The molecule has 0 bridgehead atoms. The molecule has 17 heavy (non-hydrogen) atoms. The van der Waals surface area contributed by atoms with Crippen LogP contribution in [0.1, 0.15) is 58.8 Å². The van der Waals surface area contributed by atoms with Gasteiger partial charge in [-0.1, -0.05) is 33.1 Å². The van der Waals surface area contributed by atoms with Crippen LogP contribution in [0.2, 0.25) is 0 Å². The minimum atomic E-state index is 0.812. The third-order valence-corrected chi connectivity index (χ3v) is 4.66. The van der Waals surface area contributed by atoms with Crippen molar-refractivity contribution in [3.63, 3.8) is 0 Å². The predicted molar refractivity (Wildman–Crippen MR) is 74.3 cm³/mol. The average molecular weight is 238 g/mol. The van der Waals surface area contributed by atoms with Gasteiger partial charge in [0.25, 0.3) is 0 Å². The van der Waals surface area contributed by atoms with E-state index in [1.807, 2.05) is 0 Å². The zero-order valence-electron chi connectivity index (χ0n) is 11.8. The molecule has 2 aliphatic rings. The van der Waals surface area contributed by atoms with Crippen molar-refractivity contribution in [3.05, 3.63) is 0 Å². The molecule has 1 N–H and O–H groups in total. The Hall–Kier alpha value is -0.0800. The van der Waals surface area contributed by atoms with E-state index in [9.17, 15) is 0 Å². The van der Waals surface area contributed by atoms with E-state index in [0.717, 1.165) is 18.0 Å². The monoisotopic (exact) mass is 238 g/mol. The van der Waals surface area contributed by atoms with Crippen LogP contribution < -0.4 is 5.32 Å². The first kappa shape index (κ1) is 13.4. The Labute approximate surface area is 107 Å². The van der Waals surface area contributed by atoms with Gasteiger partial charge in [0.2, 0.25) is 0 Å². The maximum atomic E-state index is 3.79. The van der Waals surface area contributed by atoms with Crippen LogP contribution in [0.5, 0.6) is 0 Å². The van der Waals surface area contributed by atoms with Crippen LogP contribution in [0, 0.1) is 5.92 Å². The minimum Gasteiger partial charge on any atom is -0.313 e. The van der Waals surface area contributed by atoms with Crippen molar-refractivity contribution < 1.29 is 0 Å². The molecule has 0 aliphatic heterocycles. The van der Waals surface area contributed by atoms with Crippen molar-refractivity contribution in [2.75, 3.05) is 19.6 Å². The topological polar surface area (TPSA) is 15.3 Å². The largest absolute Gasteiger partial charge is 0.313 e. The minimum absolute atomic E-state index is 0.812. The molecule has 0 spiro atoms. The Balaban J connectivity index is 1.60. The van der Waals surface area contributed by atoms with Crippen LogP contribution in [0.4, 0.5) is 0 Å². The molecule has 0 aromatic carbocycles. The molecule has 0 aromatic heterocycles. The Morgan fingerprint density at radius 2 is 1.94 bits per heavy atom. The van der Waals surface area contributed by atoms with Gasteiger partial charge in [-0.15, -0.1) is 0 Å². The van der Waals surface area contributed by atoms with Crippen molar-refractivity contribution in [3.8, 4) is 0 Å². The number of nitrogens with one attached hydrogen (secondary N) is 1. The fourth-order valence-electron chi connectivity index (χ4n) is 3.30. The lowest BCUT2D eigenvalue weighted by molar-refractivity contribution is 0.245. The fourth-order valence-corrected chi connectivity index (χ4v) is 3.30. The van der Waals surface area contributed by atoms with Crippen LogP contribution in [0.3, 0.4) is 0 Å². The maximum absolute atomic E-state index is 3.79. The van der Waals surface area contributed by atoms with Gasteiger partial charge in [0, 0.05) is 25.2 Å². The first-order valence-electron chi connectivity index (χ1n) is 7.80. The molecule has 2 heteroatoms. The third-order valence-electron chi connectivity index (χ3n) is 4.66. The number of likely N-dealkylation sites (N-methyl/N-ethyl adjacent to an activating group) is 1. The van der Waals surface area contributed by atoms with Gasteiger partial charge in [-0.25, -0.2) is 0 Å². The van der Waals surface area contributed by atoms with Gasteiger partial charge < -0.3 is 5.32 Å². The normalized spacial score (nSPS) is 29.8. The highest BCUT2D eigenvalue weighted by molar-refractivity contribution is 4.84. The van der Waals surface area contributed by atoms with Crippen LogP contribution in [0.25, 0.3) is 0 Å². The van der Waals surface area contributed by atoms with Crippen LogP contribution in [-0.4, -0.2) is 36.6 Å². The summed E-state index contributed by atoms with van der Waals surface area (Å²) in [6.45, 7) is 8.33. The summed E-state index contributed by atoms with van der Waals surface area (Å²) in [5.41, 5.74) is 0. The first-order valence-corrected chi connectivity index (χ1v) is 7.80. The second-order valence-corrected chi connectivity index (χ2v) is 5.95. The van der Waals surface area contributed by atoms with Gasteiger partial charge in [0.1, 0.15) is 0 Å². The quantitative estimate of drug-likeness (QED) is 0.733. The van der Waals surface area contributed by atoms with Gasteiger partial charge in [0.15, 0.2) is 0 Å². The second kappa shape index (κ2) is 6.75. The molecule has 2 fully saturated rings. The summed E-state index contributed by atoms with van der Waals surface area (Å²) >= 11 is 0. The molecule has 2 rings (SSSR count). The van der Waals surface area contributed by atoms with Crippen LogP contribution in [-0.2, 0) is 0 Å². The highest BCUT2D eigenvalue weighted by Crippen LogP contribution is 2.27. The number of rotatable bonds is 7. The average Bonchev–Trinajstić information content (AvgIpc) is 3.19. The third kappa shape index (κ3) is 4.26. The lowest BCUT2D eigenvalue weighted by Gasteiger charge is -2.30. The highest BCUT2D eigenvalue weighted by Gasteiger charge is 2.27. The standard InChI is InChI=1S/C15H30N2/c1-3-13-6-5-7-14(12-13)16-10-11-17(4-2)15-8-9-15/h13-16H,3-12H2,1-2H3. The lowest BCUT2D eigenvalue weighted by Crippen LogP contribution is -2.40. The van der Waals surface area contributed by atoms with E-state index in [-0.39, 0.29) is 0 Å². The Kier molecular flexibility index (Phi) is 5.30. The molecule has 0 aromatic rings. The van der Waals surface area contributed by atoms with Gasteiger partial charge >= 0.3 is 0 Å². The van der Waals surface area contributed by atoms with Gasteiger partial charge in [-0.05, 0) is 38.1 Å². The van der Waals surface area contributed by atoms with E-state index in [1.54, 1.807) is 0 Å². The van der Waals surface area contributed by atoms with E-state index in [2.05, 4.69) is 24.1 Å². The van der Waals surface area contributed by atoms with Crippen molar-refractivity contribution in [1.29, 1.82) is 0 Å². The van der Waals surface area contributed by atoms with Crippen molar-refractivity contribution >= 4 is 0 Å². The van der Waals surface area contributed by atoms with E-state index < -0.39 is 0 Å². The molecular formula is C15H30N2. The van der Waals surface area contributed by atoms with Crippen LogP contribution >= 0.6 is 0 Å². The SMILES string of the molecule is CCC1CCCC(NCCN(CC)C2CC2)C1. The molecule has 0 radical (unpaired) electrons. The zero-order chi connectivity index (χ0) is 12.1. The molecule has 2 unspecified atom stereocenters. The van der Waals surface area contributed by atoms with E-state index in [1.165, 1.54) is 64.6 Å². The van der Waals surface area contributed by atoms with E-state index in [4.69, 9.17) is 0 Å². The van der Waals surface area contributed by atoms with Crippen LogP contribution in [0.15, 0.2) is 0 Å². The summed E-state index contributed by atoms with van der Waals surface area (Å²) in [5.74, 6) is 0.993. The Morgan fingerprint density at radius 1 is 1.12 bits per heavy atom. The fraction of sp³-hybridized carbons (Fsp3) is 1.00. The van der Waals surface area contributed by atoms with Gasteiger partial charge in [-0.2, -0.15) is 0 Å². The first-order chi connectivity index (χ1) is 8.33. The smallest absolute Gasteiger partial charge is 0.0110 e. The maximum Gasteiger partial charge on any atom is 0.0110 e. The second-order valence-electron chi connectivity index (χ2n) is 5.95. The molecule has 0 amide bonds. The van der Waals surface area contributed by atoms with Crippen molar-refractivity contribution in [2.24, 2.45) is 5.92 Å². The van der Waals surface area contributed by atoms with Crippen molar-refractivity contribution in [1.82, 2.24) is 10.2 Å².